The molecule has 1 aromatic rings. The van der Waals surface area contributed by atoms with E-state index in [0.717, 1.165) is 25.9 Å². The second kappa shape index (κ2) is 7.31. The van der Waals surface area contributed by atoms with Gasteiger partial charge in [-0.05, 0) is 38.4 Å². The van der Waals surface area contributed by atoms with Crippen LogP contribution >= 0.6 is 0 Å². The molecular weight excluding hydrogens is 270 g/mol. The van der Waals surface area contributed by atoms with Crippen LogP contribution in [0.1, 0.15) is 30.1 Å². The number of benzene rings is 1. The number of para-hydroxylation sites is 1. The monoisotopic (exact) mass is 293 g/mol. The van der Waals surface area contributed by atoms with Crippen molar-refractivity contribution in [2.45, 2.75) is 25.9 Å². The van der Waals surface area contributed by atoms with E-state index < -0.39 is 5.97 Å². The first kappa shape index (κ1) is 15.6. The molecule has 0 spiro atoms. The molecule has 1 heterocycles. The molecule has 0 saturated carbocycles. The number of rotatable bonds is 5. The molecule has 1 aliphatic rings. The summed E-state index contributed by atoms with van der Waals surface area (Å²) in [6.07, 6.45) is 2.27. The Hall–Kier alpha value is -1.75. The smallest absolute Gasteiger partial charge is 0.341 e. The molecule has 0 aromatic heterocycles. The first-order valence-corrected chi connectivity index (χ1v) is 7.30. The first-order chi connectivity index (χ1) is 10.2. The highest BCUT2D eigenvalue weighted by Crippen LogP contribution is 2.34. The topological polar surface area (TPSA) is 56.8 Å². The fraction of sp³-hybridized carbons (Fsp3) is 0.562. The van der Waals surface area contributed by atoms with Crippen LogP contribution in [0.3, 0.4) is 0 Å². The number of methoxy groups -OCH3 is 2. The van der Waals surface area contributed by atoms with E-state index in [9.17, 15) is 4.79 Å². The van der Waals surface area contributed by atoms with Crippen molar-refractivity contribution in [3.05, 3.63) is 23.8 Å². The Labute approximate surface area is 125 Å². The summed E-state index contributed by atoms with van der Waals surface area (Å²) in [6, 6.07) is 5.23. The average molecular weight is 293 g/mol. The van der Waals surface area contributed by atoms with Crippen molar-refractivity contribution < 1.29 is 19.0 Å². The molecule has 1 aliphatic heterocycles. The number of carbonyl (C=O) groups is 1. The van der Waals surface area contributed by atoms with Gasteiger partial charge in [-0.1, -0.05) is 6.07 Å². The maximum atomic E-state index is 11.9. The van der Waals surface area contributed by atoms with E-state index in [4.69, 9.17) is 14.2 Å². The second-order valence-electron chi connectivity index (χ2n) is 5.26. The van der Waals surface area contributed by atoms with E-state index in [1.807, 2.05) is 6.92 Å². The Balaban J connectivity index is 2.22. The number of carbonyl (C=O) groups excluding carboxylic acids is 1. The van der Waals surface area contributed by atoms with E-state index in [1.54, 1.807) is 25.3 Å². The summed E-state index contributed by atoms with van der Waals surface area (Å²) in [6.45, 7) is 4.03. The number of piperidine rings is 1. The number of hydrogen-bond acceptors (Lipinski definition) is 5. The summed E-state index contributed by atoms with van der Waals surface area (Å²) in [4.78, 5) is 11.9. The van der Waals surface area contributed by atoms with Crippen LogP contribution in [-0.2, 0) is 4.74 Å². The molecule has 1 saturated heterocycles. The second-order valence-corrected chi connectivity index (χ2v) is 5.26. The molecule has 0 aliphatic carbocycles. The minimum Gasteiger partial charge on any atom is -0.493 e. The first-order valence-electron chi connectivity index (χ1n) is 7.30. The largest absolute Gasteiger partial charge is 0.493 e. The SMILES string of the molecule is COC(=O)c1cccc(OC)c1OC(C)C1CCCNC1. The Morgan fingerprint density at radius 2 is 2.19 bits per heavy atom. The van der Waals surface area contributed by atoms with Crippen LogP contribution in [0.25, 0.3) is 0 Å². The van der Waals surface area contributed by atoms with Crippen molar-refractivity contribution in [3.63, 3.8) is 0 Å². The van der Waals surface area contributed by atoms with Crippen molar-refractivity contribution in [2.24, 2.45) is 5.92 Å². The third kappa shape index (κ3) is 3.67. The van der Waals surface area contributed by atoms with Gasteiger partial charge in [-0.3, -0.25) is 0 Å². The highest BCUT2D eigenvalue weighted by Gasteiger charge is 2.25. The van der Waals surface area contributed by atoms with Crippen molar-refractivity contribution in [1.29, 1.82) is 0 Å². The zero-order chi connectivity index (χ0) is 15.2. The molecule has 1 fully saturated rings. The molecule has 5 heteroatoms. The number of nitrogens with one attached hydrogen (secondary N) is 1. The van der Waals surface area contributed by atoms with E-state index in [0.29, 0.717) is 23.0 Å². The number of ether oxygens (including phenoxy) is 3. The van der Waals surface area contributed by atoms with Gasteiger partial charge in [0.1, 0.15) is 11.7 Å². The fourth-order valence-corrected chi connectivity index (χ4v) is 2.63. The van der Waals surface area contributed by atoms with Gasteiger partial charge in [0.2, 0.25) is 0 Å². The molecule has 1 N–H and O–H groups in total. The Morgan fingerprint density at radius 3 is 2.81 bits per heavy atom. The van der Waals surface area contributed by atoms with Crippen LogP contribution in [0.5, 0.6) is 11.5 Å². The Bertz CT molecular complexity index is 483. The summed E-state index contributed by atoms with van der Waals surface area (Å²) in [5.74, 6) is 1.02. The average Bonchev–Trinajstić information content (AvgIpc) is 2.55. The van der Waals surface area contributed by atoms with Crippen LogP contribution in [0.4, 0.5) is 0 Å². The Morgan fingerprint density at radius 1 is 1.38 bits per heavy atom. The van der Waals surface area contributed by atoms with Gasteiger partial charge < -0.3 is 19.5 Å². The van der Waals surface area contributed by atoms with Gasteiger partial charge in [-0.15, -0.1) is 0 Å². The van der Waals surface area contributed by atoms with Gasteiger partial charge in [0.05, 0.1) is 14.2 Å². The van der Waals surface area contributed by atoms with Gasteiger partial charge >= 0.3 is 5.97 Å². The summed E-state index contributed by atoms with van der Waals surface area (Å²) in [5, 5.41) is 3.38. The molecule has 5 nitrogen and oxygen atoms in total. The van der Waals surface area contributed by atoms with Gasteiger partial charge in [-0.25, -0.2) is 4.79 Å². The van der Waals surface area contributed by atoms with Crippen molar-refractivity contribution >= 4 is 5.97 Å². The summed E-state index contributed by atoms with van der Waals surface area (Å²) in [7, 11) is 2.93. The van der Waals surface area contributed by atoms with Gasteiger partial charge in [-0.2, -0.15) is 0 Å². The number of esters is 1. The van der Waals surface area contributed by atoms with Crippen molar-refractivity contribution in [2.75, 3.05) is 27.3 Å². The van der Waals surface area contributed by atoms with Crippen LogP contribution in [-0.4, -0.2) is 39.4 Å². The zero-order valence-electron chi connectivity index (χ0n) is 12.8. The standard InChI is InChI=1S/C16H23NO4/c1-11(12-6-5-9-17-10-12)21-15-13(16(18)20-3)7-4-8-14(15)19-2/h4,7-8,11-12,17H,5-6,9-10H2,1-3H3. The van der Waals surface area contributed by atoms with Crippen molar-refractivity contribution in [3.8, 4) is 11.5 Å². The normalized spacial score (nSPS) is 19.7. The van der Waals surface area contributed by atoms with Gasteiger partial charge in [0, 0.05) is 12.5 Å². The molecule has 0 amide bonds. The predicted molar refractivity (Wildman–Crippen MR) is 80.0 cm³/mol. The molecule has 2 atom stereocenters. The maximum Gasteiger partial charge on any atom is 0.341 e. The predicted octanol–water partition coefficient (Wildman–Crippen LogP) is 2.25. The van der Waals surface area contributed by atoms with Crippen molar-refractivity contribution in [1.82, 2.24) is 5.32 Å². The Kier molecular flexibility index (Phi) is 5.44. The zero-order valence-corrected chi connectivity index (χ0v) is 12.8. The van der Waals surface area contributed by atoms with Crippen LogP contribution in [0.2, 0.25) is 0 Å². The summed E-state index contributed by atoms with van der Waals surface area (Å²) >= 11 is 0. The molecular formula is C16H23NO4. The molecule has 116 valence electrons. The summed E-state index contributed by atoms with van der Waals surface area (Å²) in [5.41, 5.74) is 0.396. The minimum absolute atomic E-state index is 0.00231. The van der Waals surface area contributed by atoms with Gasteiger partial charge in [0.25, 0.3) is 0 Å². The van der Waals surface area contributed by atoms with Crippen LogP contribution in [0, 0.1) is 5.92 Å². The van der Waals surface area contributed by atoms with E-state index in [-0.39, 0.29) is 6.10 Å². The van der Waals surface area contributed by atoms with Crippen LogP contribution < -0.4 is 14.8 Å². The summed E-state index contributed by atoms with van der Waals surface area (Å²) < 4.78 is 16.2. The highest BCUT2D eigenvalue weighted by atomic mass is 16.5. The maximum absolute atomic E-state index is 11.9. The molecule has 2 rings (SSSR count). The van der Waals surface area contributed by atoms with Gasteiger partial charge in [0.15, 0.2) is 11.5 Å². The third-order valence-electron chi connectivity index (χ3n) is 3.91. The lowest BCUT2D eigenvalue weighted by atomic mass is 9.94. The van der Waals surface area contributed by atoms with E-state index in [1.165, 1.54) is 7.11 Å². The third-order valence-corrected chi connectivity index (χ3v) is 3.91. The molecule has 1 aromatic carbocycles. The molecule has 0 radical (unpaired) electrons. The minimum atomic E-state index is -0.419. The quantitative estimate of drug-likeness (QED) is 0.844. The highest BCUT2D eigenvalue weighted by molar-refractivity contribution is 5.93. The lowest BCUT2D eigenvalue weighted by molar-refractivity contribution is 0.0586. The number of hydrogen-bond donors (Lipinski definition) is 1. The molecule has 21 heavy (non-hydrogen) atoms. The molecule has 0 bridgehead atoms. The lowest BCUT2D eigenvalue weighted by Gasteiger charge is -2.29. The fourth-order valence-electron chi connectivity index (χ4n) is 2.63. The molecule has 2 unspecified atom stereocenters. The lowest BCUT2D eigenvalue weighted by Crippen LogP contribution is -2.38. The van der Waals surface area contributed by atoms with E-state index in [2.05, 4.69) is 5.32 Å². The van der Waals surface area contributed by atoms with E-state index >= 15 is 0 Å². The van der Waals surface area contributed by atoms with Crippen LogP contribution in [0.15, 0.2) is 18.2 Å².